The van der Waals surface area contributed by atoms with Gasteiger partial charge in [-0.25, -0.2) is 8.42 Å². The lowest BCUT2D eigenvalue weighted by Crippen LogP contribution is -2.51. The highest BCUT2D eigenvalue weighted by Gasteiger charge is 2.30. The normalized spacial score (nSPS) is 14.9. The second-order valence-corrected chi connectivity index (χ2v) is 13.4. The number of hydrogen-bond acceptors (Lipinski definition) is 4. The van der Waals surface area contributed by atoms with Gasteiger partial charge in [-0.1, -0.05) is 67.6 Å². The molecule has 2 amide bonds. The number of rotatable bonds is 12. The molecule has 7 nitrogen and oxygen atoms in total. The van der Waals surface area contributed by atoms with E-state index < -0.39 is 16.1 Å². The molecule has 0 heterocycles. The quantitative estimate of drug-likeness (QED) is 0.301. The summed E-state index contributed by atoms with van der Waals surface area (Å²) in [5, 5.41) is 3.96. The summed E-state index contributed by atoms with van der Waals surface area (Å²) in [7, 11) is -3.57. The van der Waals surface area contributed by atoms with Crippen LogP contribution in [0.25, 0.3) is 0 Å². The average molecular weight is 611 g/mol. The van der Waals surface area contributed by atoms with E-state index in [-0.39, 0.29) is 37.4 Å². The molecule has 0 radical (unpaired) electrons. The number of benzene rings is 2. The van der Waals surface area contributed by atoms with Crippen LogP contribution in [0.4, 0.5) is 5.69 Å². The van der Waals surface area contributed by atoms with Crippen LogP contribution in [0, 0.1) is 13.8 Å². The second kappa shape index (κ2) is 14.6. The third kappa shape index (κ3) is 8.60. The average Bonchev–Trinajstić information content (AvgIpc) is 2.90. The fourth-order valence-electron chi connectivity index (χ4n) is 5.29. The van der Waals surface area contributed by atoms with Crippen LogP contribution < -0.4 is 9.62 Å². The van der Waals surface area contributed by atoms with Crippen molar-refractivity contribution in [2.45, 2.75) is 90.8 Å². The lowest BCUT2D eigenvalue weighted by molar-refractivity contribution is -0.141. The number of nitrogens with one attached hydrogen (secondary N) is 1. The maximum atomic E-state index is 13.7. The molecule has 1 saturated carbocycles. The van der Waals surface area contributed by atoms with Gasteiger partial charge < -0.3 is 10.2 Å². The van der Waals surface area contributed by atoms with Gasteiger partial charge in [0.15, 0.2) is 0 Å². The van der Waals surface area contributed by atoms with Crippen LogP contribution in [0.1, 0.15) is 75.0 Å². The molecule has 1 aliphatic rings. The summed E-state index contributed by atoms with van der Waals surface area (Å²) in [6.45, 7) is 6.07. The highest BCUT2D eigenvalue weighted by Crippen LogP contribution is 2.27. The lowest BCUT2D eigenvalue weighted by atomic mass is 9.95. The Kier molecular flexibility index (Phi) is 11.7. The number of halogens is 2. The molecule has 220 valence electrons. The molecule has 1 N–H and O–H groups in total. The number of sulfonamides is 1. The standard InChI is InChI=1S/C30H41Cl2N3O4S/c1-5-27(30(37)33-24-12-7-6-8-13-24)34(20-23-16-17-25(31)26(32)19-23)29(36)15-10-18-35(40(4,38)39)28-14-9-11-21(2)22(28)3/h9,11,14,16-17,19,24,27H,5-8,10,12-13,15,18,20H2,1-4H3,(H,33,37). The van der Waals surface area contributed by atoms with E-state index in [9.17, 15) is 18.0 Å². The molecule has 0 spiro atoms. The molecule has 2 aromatic carbocycles. The monoisotopic (exact) mass is 609 g/mol. The number of nitrogens with zero attached hydrogens (tertiary/aromatic N) is 2. The topological polar surface area (TPSA) is 86.8 Å². The van der Waals surface area contributed by atoms with Gasteiger partial charge in [-0.05, 0) is 74.4 Å². The van der Waals surface area contributed by atoms with Gasteiger partial charge in [-0.3, -0.25) is 13.9 Å². The van der Waals surface area contributed by atoms with Gasteiger partial charge >= 0.3 is 0 Å². The molecule has 40 heavy (non-hydrogen) atoms. The molecule has 1 aliphatic carbocycles. The number of carbonyl (C=O) groups is 2. The first-order valence-electron chi connectivity index (χ1n) is 14.0. The van der Waals surface area contributed by atoms with Gasteiger partial charge in [-0.2, -0.15) is 0 Å². The van der Waals surface area contributed by atoms with Crippen LogP contribution in [0.15, 0.2) is 36.4 Å². The van der Waals surface area contributed by atoms with Gasteiger partial charge in [0.25, 0.3) is 0 Å². The zero-order valence-electron chi connectivity index (χ0n) is 23.9. The maximum absolute atomic E-state index is 13.7. The number of anilines is 1. The molecule has 1 fully saturated rings. The van der Waals surface area contributed by atoms with E-state index in [1.807, 2.05) is 32.9 Å². The molecule has 1 unspecified atom stereocenters. The van der Waals surface area contributed by atoms with Crippen molar-refractivity contribution in [2.75, 3.05) is 17.1 Å². The summed E-state index contributed by atoms with van der Waals surface area (Å²) in [5.74, 6) is -0.373. The largest absolute Gasteiger partial charge is 0.352 e. The molecule has 3 rings (SSSR count). The van der Waals surface area contributed by atoms with E-state index >= 15 is 0 Å². The third-order valence-corrected chi connectivity index (χ3v) is 9.59. The molecule has 10 heteroatoms. The Labute approximate surface area is 249 Å². The van der Waals surface area contributed by atoms with Gasteiger partial charge in [-0.15, -0.1) is 0 Å². The van der Waals surface area contributed by atoms with E-state index in [1.54, 1.807) is 29.2 Å². The maximum Gasteiger partial charge on any atom is 0.243 e. The van der Waals surface area contributed by atoms with Crippen LogP contribution in [0.2, 0.25) is 10.0 Å². The van der Waals surface area contributed by atoms with E-state index in [0.717, 1.165) is 42.4 Å². The number of aryl methyl sites for hydroxylation is 1. The first kappa shape index (κ1) is 32.2. The van der Waals surface area contributed by atoms with Gasteiger partial charge in [0, 0.05) is 25.6 Å². The van der Waals surface area contributed by atoms with Crippen LogP contribution >= 0.6 is 23.2 Å². The van der Waals surface area contributed by atoms with Crippen molar-refractivity contribution in [3.05, 3.63) is 63.1 Å². The van der Waals surface area contributed by atoms with E-state index in [2.05, 4.69) is 5.32 Å². The Morgan fingerprint density at radius 2 is 1.75 bits per heavy atom. The van der Waals surface area contributed by atoms with Crippen LogP contribution in [0.5, 0.6) is 0 Å². The first-order chi connectivity index (χ1) is 18.9. The highest BCUT2D eigenvalue weighted by atomic mass is 35.5. The molecule has 0 aliphatic heterocycles. The van der Waals surface area contributed by atoms with Crippen molar-refractivity contribution >= 4 is 50.7 Å². The molecule has 0 bridgehead atoms. The van der Waals surface area contributed by atoms with Gasteiger partial charge in [0.05, 0.1) is 22.0 Å². The number of amides is 2. The van der Waals surface area contributed by atoms with Crippen LogP contribution in [-0.2, 0) is 26.2 Å². The van der Waals surface area contributed by atoms with Crippen molar-refractivity contribution < 1.29 is 18.0 Å². The molecule has 1 atom stereocenters. The summed E-state index contributed by atoms with van der Waals surface area (Å²) < 4.78 is 26.7. The first-order valence-corrected chi connectivity index (χ1v) is 16.6. The molecular formula is C30H41Cl2N3O4S. The zero-order chi connectivity index (χ0) is 29.4. The minimum atomic E-state index is -3.57. The second-order valence-electron chi connectivity index (χ2n) is 10.7. The SMILES string of the molecule is CCC(C(=O)NC1CCCCC1)N(Cc1ccc(Cl)c(Cl)c1)C(=O)CCCN(c1cccc(C)c1C)S(C)(=O)=O. The van der Waals surface area contributed by atoms with Gasteiger partial charge in [0.1, 0.15) is 6.04 Å². The summed E-state index contributed by atoms with van der Waals surface area (Å²) >= 11 is 12.4. The summed E-state index contributed by atoms with van der Waals surface area (Å²) in [5.41, 5.74) is 3.25. The third-order valence-electron chi connectivity index (χ3n) is 7.67. The van der Waals surface area contributed by atoms with Crippen molar-refractivity contribution in [3.8, 4) is 0 Å². The Balaban J connectivity index is 1.80. The van der Waals surface area contributed by atoms with Crippen molar-refractivity contribution in [3.63, 3.8) is 0 Å². The Bertz CT molecular complexity index is 1300. The number of hydrogen-bond donors (Lipinski definition) is 1. The smallest absolute Gasteiger partial charge is 0.243 e. The van der Waals surface area contributed by atoms with E-state index in [4.69, 9.17) is 23.2 Å². The predicted octanol–water partition coefficient (Wildman–Crippen LogP) is 6.41. The zero-order valence-corrected chi connectivity index (χ0v) is 26.2. The van der Waals surface area contributed by atoms with Crippen molar-refractivity contribution in [1.82, 2.24) is 10.2 Å². The summed E-state index contributed by atoms with van der Waals surface area (Å²) in [4.78, 5) is 28.7. The number of carbonyl (C=O) groups excluding carboxylic acids is 2. The fourth-order valence-corrected chi connectivity index (χ4v) is 6.62. The van der Waals surface area contributed by atoms with Crippen molar-refractivity contribution in [2.24, 2.45) is 0 Å². The van der Waals surface area contributed by atoms with Crippen molar-refractivity contribution in [1.29, 1.82) is 0 Å². The summed E-state index contributed by atoms with van der Waals surface area (Å²) in [6, 6.07) is 10.2. The van der Waals surface area contributed by atoms with Crippen LogP contribution in [-0.4, -0.2) is 50.0 Å². The Hall–Kier alpha value is -2.29. The minimum Gasteiger partial charge on any atom is -0.352 e. The molecule has 0 saturated heterocycles. The predicted molar refractivity (Wildman–Crippen MR) is 163 cm³/mol. The minimum absolute atomic E-state index is 0.0887. The van der Waals surface area contributed by atoms with Crippen LogP contribution in [0.3, 0.4) is 0 Å². The van der Waals surface area contributed by atoms with Gasteiger partial charge in [0.2, 0.25) is 21.8 Å². The lowest BCUT2D eigenvalue weighted by Gasteiger charge is -2.33. The Morgan fingerprint density at radius 1 is 1.05 bits per heavy atom. The molecule has 0 aromatic heterocycles. The molecular weight excluding hydrogens is 569 g/mol. The van der Waals surface area contributed by atoms with E-state index in [1.165, 1.54) is 17.0 Å². The highest BCUT2D eigenvalue weighted by molar-refractivity contribution is 7.92. The van der Waals surface area contributed by atoms with E-state index in [0.29, 0.717) is 28.6 Å². The fraction of sp³-hybridized carbons (Fsp3) is 0.533. The summed E-state index contributed by atoms with van der Waals surface area (Å²) in [6.07, 6.45) is 7.27. The molecule has 2 aromatic rings. The Morgan fingerprint density at radius 3 is 2.38 bits per heavy atom.